The fourth-order valence-electron chi connectivity index (χ4n) is 2.06. The Morgan fingerprint density at radius 3 is 2.35 bits per heavy atom. The minimum atomic E-state index is -0.775. The van der Waals surface area contributed by atoms with Gasteiger partial charge in [0.15, 0.2) is 0 Å². The minimum Gasteiger partial charge on any atom is -0.443 e. The summed E-state index contributed by atoms with van der Waals surface area (Å²) in [6.07, 6.45) is -1.42. The van der Waals surface area contributed by atoms with E-state index in [1.165, 1.54) is 0 Å². The second-order valence-electron chi connectivity index (χ2n) is 7.14. The number of rotatable bonds is 7. The largest absolute Gasteiger partial charge is 0.443 e. The number of nitrogens with one attached hydrogen (secondary N) is 2. The Bertz CT molecular complexity index is 469. The van der Waals surface area contributed by atoms with Gasteiger partial charge in [-0.05, 0) is 26.3 Å². The molecule has 0 aromatic heterocycles. The Labute approximate surface area is 139 Å². The molecule has 5 nitrogen and oxygen atoms in total. The molecule has 0 spiro atoms. The van der Waals surface area contributed by atoms with Crippen LogP contribution in [-0.2, 0) is 11.2 Å². The minimum absolute atomic E-state index is 0.255. The van der Waals surface area contributed by atoms with E-state index in [4.69, 9.17) is 4.74 Å². The monoisotopic (exact) mass is 322 g/mol. The molecule has 0 heterocycles. The Kier molecular flexibility index (Phi) is 7.52. The molecule has 0 aliphatic carbocycles. The summed E-state index contributed by atoms with van der Waals surface area (Å²) < 4.78 is 5.48. The van der Waals surface area contributed by atoms with E-state index in [0.29, 0.717) is 13.0 Å². The van der Waals surface area contributed by atoms with E-state index < -0.39 is 18.3 Å². The molecule has 1 rings (SSSR count). The van der Waals surface area contributed by atoms with Crippen molar-refractivity contribution in [3.63, 3.8) is 0 Å². The summed E-state index contributed by atoms with van der Waals surface area (Å²) in [5, 5.41) is 16.3. The van der Waals surface area contributed by atoms with Crippen molar-refractivity contribution in [1.29, 1.82) is 0 Å². The summed E-state index contributed by atoms with van der Waals surface area (Å²) in [4.78, 5) is 12.0. The lowest BCUT2D eigenvalue weighted by Gasteiger charge is -2.27. The summed E-state index contributed by atoms with van der Waals surface area (Å²) in [6, 6.07) is 9.97. The van der Waals surface area contributed by atoms with Crippen LogP contribution in [0.1, 0.15) is 40.2 Å². The van der Waals surface area contributed by atoms with Gasteiger partial charge in [0, 0.05) is 24.5 Å². The molecule has 0 fully saturated rings. The average molecular weight is 322 g/mol. The zero-order chi connectivity index (χ0) is 17.5. The summed E-state index contributed by atoms with van der Waals surface area (Å²) in [6.45, 7) is 10.0. The smallest absolute Gasteiger partial charge is 0.407 e. The highest BCUT2D eigenvalue weighted by molar-refractivity contribution is 5.68. The molecule has 3 N–H and O–H groups in total. The number of benzene rings is 1. The molecule has 0 bridgehead atoms. The predicted molar refractivity (Wildman–Crippen MR) is 92.4 cm³/mol. The number of carbonyl (C=O) groups is 1. The van der Waals surface area contributed by atoms with Gasteiger partial charge in [0.05, 0.1) is 0 Å². The number of aliphatic hydroxyl groups is 1. The van der Waals surface area contributed by atoms with Crippen LogP contribution >= 0.6 is 0 Å². The summed E-state index contributed by atoms with van der Waals surface area (Å²) >= 11 is 0. The highest BCUT2D eigenvalue weighted by Gasteiger charge is 2.25. The number of amides is 1. The molecule has 1 aromatic rings. The van der Waals surface area contributed by atoms with Crippen molar-refractivity contribution in [2.75, 3.05) is 6.54 Å². The van der Waals surface area contributed by atoms with Crippen molar-refractivity contribution >= 4 is 6.09 Å². The summed E-state index contributed by atoms with van der Waals surface area (Å²) in [5.41, 5.74) is 0.639. The molecule has 5 heteroatoms. The third kappa shape index (κ3) is 8.57. The number of carbonyl (C=O) groups excluding carboxylic acids is 1. The highest BCUT2D eigenvalue weighted by Crippen LogP contribution is 2.11. The third-order valence-electron chi connectivity index (χ3n) is 3.18. The van der Waals surface area contributed by atoms with Gasteiger partial charge in [-0.1, -0.05) is 44.2 Å². The first-order valence-corrected chi connectivity index (χ1v) is 8.11. The normalized spacial score (nSPS) is 14.4. The van der Waals surface area contributed by atoms with Crippen molar-refractivity contribution in [2.45, 2.75) is 64.8 Å². The molecule has 0 saturated heterocycles. The van der Waals surface area contributed by atoms with Gasteiger partial charge >= 0.3 is 6.09 Å². The van der Waals surface area contributed by atoms with Crippen molar-refractivity contribution in [3.05, 3.63) is 35.9 Å². The Hall–Kier alpha value is -1.59. The van der Waals surface area contributed by atoms with Crippen LogP contribution < -0.4 is 10.6 Å². The fourth-order valence-corrected chi connectivity index (χ4v) is 2.06. The second-order valence-corrected chi connectivity index (χ2v) is 7.14. The molecule has 2 atom stereocenters. The zero-order valence-corrected chi connectivity index (χ0v) is 14.8. The lowest BCUT2D eigenvalue weighted by Crippen LogP contribution is -2.47. The number of hydrogen-bond acceptors (Lipinski definition) is 4. The van der Waals surface area contributed by atoms with Crippen LogP contribution in [0.2, 0.25) is 0 Å². The van der Waals surface area contributed by atoms with Crippen LogP contribution in [0.4, 0.5) is 4.79 Å². The number of hydrogen-bond donors (Lipinski definition) is 3. The molecular weight excluding hydrogens is 292 g/mol. The third-order valence-corrected chi connectivity index (χ3v) is 3.18. The maximum absolute atomic E-state index is 12.0. The lowest BCUT2D eigenvalue weighted by atomic mass is 10.0. The molecular formula is C18H30N2O3. The van der Waals surface area contributed by atoms with E-state index in [2.05, 4.69) is 10.6 Å². The number of alkyl carbamates (subject to hydrolysis) is 1. The van der Waals surface area contributed by atoms with Crippen LogP contribution in [-0.4, -0.2) is 41.5 Å². The molecule has 0 aliphatic heterocycles. The van der Waals surface area contributed by atoms with Crippen LogP contribution in [0.15, 0.2) is 30.3 Å². The average Bonchev–Trinajstić information content (AvgIpc) is 2.43. The van der Waals surface area contributed by atoms with Crippen LogP contribution in [0.3, 0.4) is 0 Å². The van der Waals surface area contributed by atoms with Crippen molar-refractivity contribution < 1.29 is 14.6 Å². The van der Waals surface area contributed by atoms with Crippen LogP contribution in [0.25, 0.3) is 0 Å². The molecule has 1 aromatic carbocycles. The van der Waals surface area contributed by atoms with Crippen molar-refractivity contribution in [1.82, 2.24) is 10.6 Å². The van der Waals surface area contributed by atoms with Gasteiger partial charge in [0.2, 0.25) is 0 Å². The van der Waals surface area contributed by atoms with Crippen LogP contribution in [0, 0.1) is 0 Å². The first-order chi connectivity index (χ1) is 10.7. The lowest BCUT2D eigenvalue weighted by molar-refractivity contribution is 0.000863. The number of ether oxygens (including phenoxy) is 1. The topological polar surface area (TPSA) is 70.6 Å². The van der Waals surface area contributed by atoms with Gasteiger partial charge < -0.3 is 20.5 Å². The quantitative estimate of drug-likeness (QED) is 0.721. The van der Waals surface area contributed by atoms with Gasteiger partial charge in [-0.3, -0.25) is 0 Å². The van der Waals surface area contributed by atoms with Gasteiger partial charge in [0.1, 0.15) is 12.2 Å². The summed E-state index contributed by atoms with van der Waals surface area (Å²) in [5.74, 6) is 0. The van der Waals surface area contributed by atoms with E-state index in [1.807, 2.05) is 65.0 Å². The Morgan fingerprint density at radius 1 is 1.22 bits per heavy atom. The van der Waals surface area contributed by atoms with Gasteiger partial charge in [-0.15, -0.1) is 0 Å². The molecule has 0 aliphatic rings. The SMILES string of the molecule is CC(C)NC[C@@H](O)[C@H](Cc1ccccc1)OC(=O)NC(C)(C)C. The highest BCUT2D eigenvalue weighted by atomic mass is 16.6. The fraction of sp³-hybridized carbons (Fsp3) is 0.611. The first-order valence-electron chi connectivity index (χ1n) is 8.11. The van der Waals surface area contributed by atoms with Crippen LogP contribution in [0.5, 0.6) is 0 Å². The van der Waals surface area contributed by atoms with Gasteiger partial charge in [-0.25, -0.2) is 4.79 Å². The predicted octanol–water partition coefficient (Wildman–Crippen LogP) is 2.48. The van der Waals surface area contributed by atoms with E-state index in [-0.39, 0.29) is 11.6 Å². The molecule has 0 saturated carbocycles. The van der Waals surface area contributed by atoms with E-state index in [9.17, 15) is 9.90 Å². The molecule has 130 valence electrons. The van der Waals surface area contributed by atoms with E-state index in [1.54, 1.807) is 0 Å². The van der Waals surface area contributed by atoms with E-state index >= 15 is 0 Å². The number of aliphatic hydroxyl groups excluding tert-OH is 1. The van der Waals surface area contributed by atoms with Crippen molar-refractivity contribution in [2.24, 2.45) is 0 Å². The summed E-state index contributed by atoms with van der Waals surface area (Å²) in [7, 11) is 0. The standard InChI is InChI=1S/C18H30N2O3/c1-13(2)19-12-15(21)16(11-14-9-7-6-8-10-14)23-17(22)20-18(3,4)5/h6-10,13,15-16,19,21H,11-12H2,1-5H3,(H,20,22)/t15-,16+/m1/s1. The van der Waals surface area contributed by atoms with Crippen molar-refractivity contribution in [3.8, 4) is 0 Å². The molecule has 0 unspecified atom stereocenters. The van der Waals surface area contributed by atoms with Gasteiger partial charge in [-0.2, -0.15) is 0 Å². The molecule has 23 heavy (non-hydrogen) atoms. The maximum atomic E-state index is 12.0. The zero-order valence-electron chi connectivity index (χ0n) is 14.8. The second kappa shape index (κ2) is 8.89. The molecule has 0 radical (unpaired) electrons. The van der Waals surface area contributed by atoms with Gasteiger partial charge in [0.25, 0.3) is 0 Å². The Morgan fingerprint density at radius 2 is 1.83 bits per heavy atom. The first kappa shape index (κ1) is 19.5. The molecule has 1 amide bonds. The Balaban J connectivity index is 2.73. The van der Waals surface area contributed by atoms with E-state index in [0.717, 1.165) is 5.56 Å². The maximum Gasteiger partial charge on any atom is 0.407 e.